The van der Waals surface area contributed by atoms with E-state index >= 15 is 0 Å². The van der Waals surface area contributed by atoms with E-state index in [-0.39, 0.29) is 11.8 Å². The zero-order valence-electron chi connectivity index (χ0n) is 8.27. The highest BCUT2D eigenvalue weighted by atomic mass is 32.2. The van der Waals surface area contributed by atoms with Gasteiger partial charge in [0.15, 0.2) is 0 Å². The summed E-state index contributed by atoms with van der Waals surface area (Å²) in [6.45, 7) is 2.13. The number of amides is 1. The highest BCUT2D eigenvalue weighted by molar-refractivity contribution is 8.00. The Hall–Kier alpha value is -0.510. The second kappa shape index (κ2) is 2.99. The molecule has 2 aliphatic heterocycles. The van der Waals surface area contributed by atoms with Crippen molar-refractivity contribution >= 4 is 23.4 Å². The first kappa shape index (κ1) is 8.77. The van der Waals surface area contributed by atoms with Gasteiger partial charge < -0.3 is 0 Å². The fraction of sp³-hybridized carbons (Fsp3) is 0.800. The lowest BCUT2D eigenvalue weighted by Crippen LogP contribution is -2.35. The van der Waals surface area contributed by atoms with E-state index in [1.807, 2.05) is 11.8 Å². The van der Waals surface area contributed by atoms with E-state index in [2.05, 4.69) is 12.0 Å². The monoisotopic (exact) mass is 210 g/mol. The Morgan fingerprint density at radius 1 is 1.57 bits per heavy atom. The molecule has 1 aliphatic carbocycles. The quantitative estimate of drug-likeness (QED) is 0.689. The minimum absolute atomic E-state index is 0.126. The highest BCUT2D eigenvalue weighted by Gasteiger charge is 2.44. The van der Waals surface area contributed by atoms with Gasteiger partial charge in [0.05, 0.1) is 17.7 Å². The number of carbonyl (C=O) groups is 1. The number of rotatable bonds is 2. The van der Waals surface area contributed by atoms with Crippen molar-refractivity contribution in [3.63, 3.8) is 0 Å². The van der Waals surface area contributed by atoms with E-state index in [4.69, 9.17) is 0 Å². The van der Waals surface area contributed by atoms with Crippen molar-refractivity contribution in [1.82, 2.24) is 5.01 Å². The third-order valence-corrected chi connectivity index (χ3v) is 4.46. The average Bonchev–Trinajstić information content (AvgIpc) is 2.84. The van der Waals surface area contributed by atoms with Crippen LogP contribution in [0.3, 0.4) is 0 Å². The molecule has 1 saturated heterocycles. The minimum Gasteiger partial charge on any atom is -0.272 e. The molecule has 0 bridgehead atoms. The summed E-state index contributed by atoms with van der Waals surface area (Å²) >= 11 is 1.83. The number of nitrogens with zero attached hydrogens (tertiary/aromatic N) is 2. The third-order valence-electron chi connectivity index (χ3n) is 3.39. The first-order valence-electron chi connectivity index (χ1n) is 5.25. The Morgan fingerprint density at radius 2 is 2.36 bits per heavy atom. The summed E-state index contributed by atoms with van der Waals surface area (Å²) in [5.74, 6) is 3.01. The van der Waals surface area contributed by atoms with Crippen LogP contribution in [0.1, 0.15) is 19.8 Å². The van der Waals surface area contributed by atoms with Crippen molar-refractivity contribution in [3.8, 4) is 0 Å². The van der Waals surface area contributed by atoms with Gasteiger partial charge in [0.1, 0.15) is 0 Å². The summed E-state index contributed by atoms with van der Waals surface area (Å²) in [7, 11) is 0. The topological polar surface area (TPSA) is 32.7 Å². The molecular weight excluding hydrogens is 196 g/mol. The van der Waals surface area contributed by atoms with Crippen LogP contribution in [0.5, 0.6) is 0 Å². The summed E-state index contributed by atoms with van der Waals surface area (Å²) in [4.78, 5) is 12.0. The molecular formula is C10H14N2OS. The van der Waals surface area contributed by atoms with E-state index in [1.54, 1.807) is 5.01 Å². The van der Waals surface area contributed by atoms with Crippen molar-refractivity contribution in [1.29, 1.82) is 0 Å². The molecule has 0 spiro atoms. The number of hydrogen-bond acceptors (Lipinski definition) is 3. The summed E-state index contributed by atoms with van der Waals surface area (Å²) in [6.07, 6.45) is 2.55. The van der Waals surface area contributed by atoms with Crippen molar-refractivity contribution in [2.75, 3.05) is 11.5 Å². The lowest BCUT2D eigenvalue weighted by atomic mass is 10.1. The number of fused-ring (bicyclic) bond motifs is 1. The molecule has 76 valence electrons. The molecule has 3 rings (SSSR count). The molecule has 2 unspecified atom stereocenters. The number of hydrazone groups is 1. The lowest BCUT2D eigenvalue weighted by Gasteiger charge is -2.21. The van der Waals surface area contributed by atoms with Crippen molar-refractivity contribution in [2.45, 2.75) is 25.8 Å². The highest BCUT2D eigenvalue weighted by Crippen LogP contribution is 2.38. The third kappa shape index (κ3) is 1.20. The van der Waals surface area contributed by atoms with Crippen LogP contribution in [0, 0.1) is 11.8 Å². The fourth-order valence-corrected chi connectivity index (χ4v) is 3.36. The van der Waals surface area contributed by atoms with Gasteiger partial charge in [0.25, 0.3) is 5.91 Å². The van der Waals surface area contributed by atoms with Crippen LogP contribution in [-0.2, 0) is 4.79 Å². The van der Waals surface area contributed by atoms with E-state index in [1.165, 1.54) is 12.8 Å². The Labute approximate surface area is 87.9 Å². The van der Waals surface area contributed by atoms with Crippen molar-refractivity contribution in [3.05, 3.63) is 0 Å². The van der Waals surface area contributed by atoms with Gasteiger partial charge >= 0.3 is 0 Å². The maximum absolute atomic E-state index is 12.0. The lowest BCUT2D eigenvalue weighted by molar-refractivity contribution is -0.133. The van der Waals surface area contributed by atoms with E-state index in [0.29, 0.717) is 6.04 Å². The van der Waals surface area contributed by atoms with Crippen LogP contribution >= 0.6 is 11.8 Å². The van der Waals surface area contributed by atoms with Crippen LogP contribution < -0.4 is 0 Å². The van der Waals surface area contributed by atoms with Gasteiger partial charge in [-0.15, -0.1) is 0 Å². The second-order valence-corrected chi connectivity index (χ2v) is 5.45. The smallest absolute Gasteiger partial charge is 0.252 e. The molecule has 0 radical (unpaired) electrons. The molecule has 2 atom stereocenters. The van der Waals surface area contributed by atoms with Crippen LogP contribution in [-0.4, -0.2) is 34.2 Å². The second-order valence-electron chi connectivity index (χ2n) is 4.42. The molecule has 1 saturated carbocycles. The van der Waals surface area contributed by atoms with Gasteiger partial charge in [-0.25, -0.2) is 5.01 Å². The summed E-state index contributed by atoms with van der Waals surface area (Å²) < 4.78 is 0. The van der Waals surface area contributed by atoms with Crippen LogP contribution in [0.2, 0.25) is 0 Å². The van der Waals surface area contributed by atoms with Crippen molar-refractivity contribution in [2.24, 2.45) is 16.9 Å². The molecule has 4 heteroatoms. The van der Waals surface area contributed by atoms with Gasteiger partial charge in [-0.2, -0.15) is 16.9 Å². The predicted octanol–water partition coefficient (Wildman–Crippen LogP) is 1.35. The van der Waals surface area contributed by atoms with Gasteiger partial charge in [0, 0.05) is 11.5 Å². The molecule has 0 aromatic heterocycles. The van der Waals surface area contributed by atoms with E-state index in [9.17, 15) is 4.79 Å². The molecule has 1 amide bonds. The maximum Gasteiger partial charge on any atom is 0.252 e. The Balaban J connectivity index is 1.81. The van der Waals surface area contributed by atoms with Crippen molar-refractivity contribution < 1.29 is 4.79 Å². The molecule has 3 nitrogen and oxygen atoms in total. The average molecular weight is 210 g/mol. The summed E-state index contributed by atoms with van der Waals surface area (Å²) in [6, 6.07) is 0.339. The van der Waals surface area contributed by atoms with E-state index < -0.39 is 0 Å². The first-order chi connectivity index (χ1) is 6.77. The zero-order valence-corrected chi connectivity index (χ0v) is 9.09. The molecule has 0 N–H and O–H groups in total. The van der Waals surface area contributed by atoms with Gasteiger partial charge in [-0.3, -0.25) is 4.79 Å². The molecule has 0 aromatic carbocycles. The zero-order chi connectivity index (χ0) is 9.71. The number of hydrogen-bond donors (Lipinski definition) is 0. The van der Waals surface area contributed by atoms with Crippen LogP contribution in [0.25, 0.3) is 0 Å². The number of thioether (sulfide) groups is 1. The van der Waals surface area contributed by atoms with Crippen LogP contribution in [0.15, 0.2) is 5.10 Å². The Kier molecular flexibility index (Phi) is 1.87. The molecule has 2 fully saturated rings. The maximum atomic E-state index is 12.0. The van der Waals surface area contributed by atoms with Gasteiger partial charge in [-0.05, 0) is 25.7 Å². The largest absolute Gasteiger partial charge is 0.272 e. The van der Waals surface area contributed by atoms with Crippen LogP contribution in [0.4, 0.5) is 0 Å². The van der Waals surface area contributed by atoms with Gasteiger partial charge in [-0.1, -0.05) is 0 Å². The SMILES string of the molecule is CC(C1CC1)N1N=C2CSCC2C1=O. The molecule has 3 aliphatic rings. The minimum atomic E-state index is 0.126. The first-order valence-corrected chi connectivity index (χ1v) is 6.41. The van der Waals surface area contributed by atoms with Gasteiger partial charge in [0.2, 0.25) is 0 Å². The molecule has 14 heavy (non-hydrogen) atoms. The normalized spacial score (nSPS) is 33.2. The predicted molar refractivity (Wildman–Crippen MR) is 57.3 cm³/mol. The fourth-order valence-electron chi connectivity index (χ4n) is 2.21. The standard InChI is InChI=1S/C10H14N2OS/c1-6(7-2-3-7)12-10(13)8-4-14-5-9(8)11-12/h6-8H,2-5H2,1H3. The molecule has 0 aromatic rings. The number of carbonyl (C=O) groups excluding carboxylic acids is 1. The Bertz CT molecular complexity index is 311. The Morgan fingerprint density at radius 3 is 3.00 bits per heavy atom. The summed E-state index contributed by atoms with van der Waals surface area (Å²) in [5.41, 5.74) is 1.12. The summed E-state index contributed by atoms with van der Waals surface area (Å²) in [5, 5.41) is 6.23. The van der Waals surface area contributed by atoms with E-state index in [0.717, 1.165) is 23.1 Å². The molecule has 2 heterocycles.